The second kappa shape index (κ2) is 2.95. The van der Waals surface area contributed by atoms with Crippen molar-refractivity contribution in [2.24, 2.45) is 5.73 Å². The Morgan fingerprint density at radius 2 is 2.33 bits per heavy atom. The molecule has 0 spiro atoms. The van der Waals surface area contributed by atoms with Crippen LogP contribution in [0, 0.1) is 0 Å². The van der Waals surface area contributed by atoms with Gasteiger partial charge in [-0.05, 0) is 18.5 Å². The third-order valence-corrected chi connectivity index (χ3v) is 1.98. The summed E-state index contributed by atoms with van der Waals surface area (Å²) < 4.78 is 0. The van der Waals surface area contributed by atoms with Crippen LogP contribution in [-0.4, -0.2) is 16.7 Å². The van der Waals surface area contributed by atoms with Gasteiger partial charge in [-0.25, -0.2) is 0 Å². The number of nitrogens with zero attached hydrogens (tertiary/aromatic N) is 1. The van der Waals surface area contributed by atoms with Gasteiger partial charge in [0.2, 0.25) is 0 Å². The Bertz CT molecular complexity index is 378. The smallest absolute Gasteiger partial charge is 0.0682 e. The zero-order valence-corrected chi connectivity index (χ0v) is 6.75. The van der Waals surface area contributed by atoms with E-state index in [4.69, 9.17) is 5.73 Å². The van der Waals surface area contributed by atoms with Crippen molar-refractivity contribution in [3.63, 3.8) is 0 Å². The Kier molecular flexibility index (Phi) is 1.80. The summed E-state index contributed by atoms with van der Waals surface area (Å²) in [5.74, 6) is 0. The van der Waals surface area contributed by atoms with E-state index >= 15 is 0 Å². The number of fused-ring (bicyclic) bond motifs is 1. The molecule has 1 aromatic heterocycles. The third-order valence-electron chi connectivity index (χ3n) is 1.98. The second-order valence-electron chi connectivity index (χ2n) is 2.79. The number of rotatable bonds is 2. The maximum atomic E-state index is 5.49. The normalized spacial score (nSPS) is 10.8. The quantitative estimate of drug-likeness (QED) is 0.692. The Labute approximate surface area is 70.6 Å². The molecule has 0 saturated heterocycles. The zero-order chi connectivity index (χ0) is 8.39. The molecule has 0 fully saturated rings. The van der Waals surface area contributed by atoms with Gasteiger partial charge in [-0.15, -0.1) is 0 Å². The Morgan fingerprint density at radius 1 is 1.42 bits per heavy atom. The van der Waals surface area contributed by atoms with Crippen molar-refractivity contribution >= 4 is 10.9 Å². The number of nitrogens with one attached hydrogen (secondary N) is 1. The molecule has 0 unspecified atom stereocenters. The van der Waals surface area contributed by atoms with Crippen LogP contribution < -0.4 is 5.73 Å². The highest BCUT2D eigenvalue weighted by molar-refractivity contribution is 5.81. The highest BCUT2D eigenvalue weighted by atomic mass is 15.1. The molecule has 3 heteroatoms. The molecule has 12 heavy (non-hydrogen) atoms. The molecule has 2 rings (SSSR count). The fourth-order valence-corrected chi connectivity index (χ4v) is 1.39. The van der Waals surface area contributed by atoms with Crippen LogP contribution in [0.2, 0.25) is 0 Å². The highest BCUT2D eigenvalue weighted by Gasteiger charge is 1.99. The number of benzene rings is 1. The summed E-state index contributed by atoms with van der Waals surface area (Å²) in [6.45, 7) is 0.679. The average molecular weight is 161 g/mol. The van der Waals surface area contributed by atoms with E-state index in [1.807, 2.05) is 18.3 Å². The van der Waals surface area contributed by atoms with E-state index in [0.717, 1.165) is 17.3 Å². The van der Waals surface area contributed by atoms with Gasteiger partial charge in [0.15, 0.2) is 0 Å². The van der Waals surface area contributed by atoms with Crippen molar-refractivity contribution in [2.75, 3.05) is 6.54 Å². The Morgan fingerprint density at radius 3 is 3.17 bits per heavy atom. The lowest BCUT2D eigenvalue weighted by Gasteiger charge is -1.98. The first kappa shape index (κ1) is 7.31. The predicted molar refractivity (Wildman–Crippen MR) is 48.9 cm³/mol. The number of aromatic nitrogens is 2. The van der Waals surface area contributed by atoms with E-state index in [-0.39, 0.29) is 0 Å². The molecule has 3 N–H and O–H groups in total. The van der Waals surface area contributed by atoms with Gasteiger partial charge < -0.3 is 5.73 Å². The van der Waals surface area contributed by atoms with Crippen LogP contribution in [0.25, 0.3) is 10.9 Å². The molecule has 3 nitrogen and oxygen atoms in total. The first-order chi connectivity index (χ1) is 5.92. The van der Waals surface area contributed by atoms with Crippen molar-refractivity contribution in [2.45, 2.75) is 6.42 Å². The minimum absolute atomic E-state index is 0.679. The van der Waals surface area contributed by atoms with Gasteiger partial charge in [-0.1, -0.05) is 18.2 Å². The molecule has 1 heterocycles. The van der Waals surface area contributed by atoms with Crippen molar-refractivity contribution in [1.29, 1.82) is 0 Å². The minimum Gasteiger partial charge on any atom is -0.330 e. The fraction of sp³-hybridized carbons (Fsp3) is 0.222. The molecule has 0 radical (unpaired) electrons. The van der Waals surface area contributed by atoms with E-state index in [9.17, 15) is 0 Å². The number of H-pyrrole nitrogens is 1. The summed E-state index contributed by atoms with van der Waals surface area (Å²) in [4.78, 5) is 0. The van der Waals surface area contributed by atoms with Crippen LogP contribution in [-0.2, 0) is 6.42 Å². The van der Waals surface area contributed by atoms with E-state index in [0.29, 0.717) is 6.54 Å². The fourth-order valence-electron chi connectivity index (χ4n) is 1.39. The molecule has 0 aliphatic rings. The Hall–Kier alpha value is -1.35. The maximum Gasteiger partial charge on any atom is 0.0682 e. The lowest BCUT2D eigenvalue weighted by atomic mass is 10.1. The number of para-hydroxylation sites is 1. The van der Waals surface area contributed by atoms with Crippen molar-refractivity contribution < 1.29 is 0 Å². The lowest BCUT2D eigenvalue weighted by Crippen LogP contribution is -2.02. The SMILES string of the molecule is NCCc1cccc2cn[nH]c12. The molecular formula is C9H11N3. The van der Waals surface area contributed by atoms with Crippen LogP contribution in [0.1, 0.15) is 5.56 Å². The maximum absolute atomic E-state index is 5.49. The molecule has 0 aliphatic carbocycles. The zero-order valence-electron chi connectivity index (χ0n) is 6.75. The van der Waals surface area contributed by atoms with Gasteiger partial charge in [0.1, 0.15) is 0 Å². The third kappa shape index (κ3) is 1.08. The summed E-state index contributed by atoms with van der Waals surface area (Å²) in [5, 5.41) is 8.10. The minimum atomic E-state index is 0.679. The molecule has 62 valence electrons. The summed E-state index contributed by atoms with van der Waals surface area (Å²) >= 11 is 0. The van der Waals surface area contributed by atoms with Gasteiger partial charge in [0.25, 0.3) is 0 Å². The first-order valence-corrected chi connectivity index (χ1v) is 4.03. The summed E-state index contributed by atoms with van der Waals surface area (Å²) in [6.07, 6.45) is 2.73. The molecule has 0 aliphatic heterocycles. The molecule has 1 aromatic carbocycles. The van der Waals surface area contributed by atoms with E-state index in [1.165, 1.54) is 5.56 Å². The van der Waals surface area contributed by atoms with Crippen molar-refractivity contribution in [3.8, 4) is 0 Å². The molecule has 0 amide bonds. The monoisotopic (exact) mass is 161 g/mol. The van der Waals surface area contributed by atoms with E-state index in [1.54, 1.807) is 0 Å². The highest BCUT2D eigenvalue weighted by Crippen LogP contribution is 2.15. The lowest BCUT2D eigenvalue weighted by molar-refractivity contribution is 0.969. The topological polar surface area (TPSA) is 54.7 Å². The molecule has 0 atom stereocenters. The number of aromatic amines is 1. The van der Waals surface area contributed by atoms with Gasteiger partial charge >= 0.3 is 0 Å². The van der Waals surface area contributed by atoms with Gasteiger partial charge in [0.05, 0.1) is 11.7 Å². The van der Waals surface area contributed by atoms with Crippen molar-refractivity contribution in [3.05, 3.63) is 30.0 Å². The summed E-state index contributed by atoms with van der Waals surface area (Å²) in [5.41, 5.74) is 7.84. The summed E-state index contributed by atoms with van der Waals surface area (Å²) in [6, 6.07) is 6.15. The van der Waals surface area contributed by atoms with Gasteiger partial charge in [-0.2, -0.15) is 5.10 Å². The van der Waals surface area contributed by atoms with Gasteiger partial charge in [0, 0.05) is 5.39 Å². The standard InChI is InChI=1S/C9H11N3/c10-5-4-7-2-1-3-8-6-11-12-9(7)8/h1-3,6H,4-5,10H2,(H,11,12). The molecular weight excluding hydrogens is 150 g/mol. The molecule has 0 bridgehead atoms. The van der Waals surface area contributed by atoms with Crippen LogP contribution in [0.3, 0.4) is 0 Å². The number of hydrogen-bond acceptors (Lipinski definition) is 2. The van der Waals surface area contributed by atoms with E-state index in [2.05, 4.69) is 16.3 Å². The second-order valence-corrected chi connectivity index (χ2v) is 2.79. The van der Waals surface area contributed by atoms with Gasteiger partial charge in [-0.3, -0.25) is 5.10 Å². The molecule has 0 saturated carbocycles. The first-order valence-electron chi connectivity index (χ1n) is 4.03. The van der Waals surface area contributed by atoms with Crippen LogP contribution >= 0.6 is 0 Å². The summed E-state index contributed by atoms with van der Waals surface area (Å²) in [7, 11) is 0. The average Bonchev–Trinajstić information content (AvgIpc) is 2.53. The largest absolute Gasteiger partial charge is 0.330 e. The number of hydrogen-bond donors (Lipinski definition) is 2. The Balaban J connectivity index is 2.57. The van der Waals surface area contributed by atoms with E-state index < -0.39 is 0 Å². The van der Waals surface area contributed by atoms with Crippen LogP contribution in [0.5, 0.6) is 0 Å². The van der Waals surface area contributed by atoms with Crippen molar-refractivity contribution in [1.82, 2.24) is 10.2 Å². The van der Waals surface area contributed by atoms with Crippen LogP contribution in [0.15, 0.2) is 24.4 Å². The predicted octanol–water partition coefficient (Wildman–Crippen LogP) is 1.06. The molecule has 2 aromatic rings. The number of nitrogens with two attached hydrogens (primary N) is 1. The van der Waals surface area contributed by atoms with Crippen LogP contribution in [0.4, 0.5) is 0 Å².